The summed E-state index contributed by atoms with van der Waals surface area (Å²) in [7, 11) is 0. The van der Waals surface area contributed by atoms with Crippen molar-refractivity contribution in [2.24, 2.45) is 0 Å². The zero-order valence-corrected chi connectivity index (χ0v) is 25.8. The molecule has 0 aliphatic heterocycles. The summed E-state index contributed by atoms with van der Waals surface area (Å²) >= 11 is 0. The van der Waals surface area contributed by atoms with E-state index >= 15 is 0 Å². The van der Waals surface area contributed by atoms with Gasteiger partial charge in [-0.3, -0.25) is 4.79 Å². The Kier molecular flexibility index (Phi) is 17.8. The maximum absolute atomic E-state index is 11.4. The molecule has 3 aromatic rings. The van der Waals surface area contributed by atoms with Crippen molar-refractivity contribution in [3.63, 3.8) is 0 Å². The van der Waals surface area contributed by atoms with Crippen LogP contribution in [0.1, 0.15) is 113 Å². The van der Waals surface area contributed by atoms with Gasteiger partial charge in [-0.1, -0.05) is 76.3 Å². The average molecular weight is 575 g/mol. The maximum Gasteiger partial charge on any atom is 0.168 e. The normalized spacial score (nSPS) is 11.0. The highest BCUT2D eigenvalue weighted by Gasteiger charge is 2.04. The van der Waals surface area contributed by atoms with Gasteiger partial charge in [0, 0.05) is 48.7 Å². The third-order valence-corrected chi connectivity index (χ3v) is 7.75. The number of rotatable bonds is 25. The quantitative estimate of drug-likeness (QED) is 0.0579. The largest absolute Gasteiger partial charge is 0.493 e. The van der Waals surface area contributed by atoms with Gasteiger partial charge < -0.3 is 9.47 Å². The first-order valence-electron chi connectivity index (χ1n) is 16.6. The van der Waals surface area contributed by atoms with E-state index in [-0.39, 0.29) is 0 Å². The van der Waals surface area contributed by atoms with Crippen molar-refractivity contribution < 1.29 is 23.4 Å². The van der Waals surface area contributed by atoms with Crippen molar-refractivity contribution in [1.82, 2.24) is 0 Å². The Morgan fingerprint density at radius 1 is 0.452 bits per heavy atom. The second kappa shape index (κ2) is 22.4. The summed E-state index contributed by atoms with van der Waals surface area (Å²) in [5.74, 6) is 1.47. The van der Waals surface area contributed by atoms with Crippen molar-refractivity contribution >= 4 is 6.29 Å². The van der Waals surface area contributed by atoms with Crippen LogP contribution in [0.5, 0.6) is 11.5 Å². The maximum atomic E-state index is 11.4. The van der Waals surface area contributed by atoms with E-state index in [1.807, 2.05) is 18.2 Å². The Morgan fingerprint density at radius 2 is 0.810 bits per heavy atom. The fraction of sp³-hybridized carbons (Fsp3) is 0.541. The van der Waals surface area contributed by atoms with Gasteiger partial charge in [-0.05, 0) is 37.8 Å². The van der Waals surface area contributed by atoms with Crippen LogP contribution in [0, 0.1) is 0 Å². The lowest BCUT2D eigenvalue weighted by Crippen LogP contribution is -2.32. The molecule has 0 unspecified atom stereocenters. The van der Waals surface area contributed by atoms with Crippen LogP contribution in [0.3, 0.4) is 0 Å². The molecule has 5 nitrogen and oxygen atoms in total. The number of nitrogens with zero attached hydrogens (tertiary/aromatic N) is 2. The molecular weight excluding hydrogens is 520 g/mol. The summed E-state index contributed by atoms with van der Waals surface area (Å²) in [6.45, 7) is 3.60. The van der Waals surface area contributed by atoms with E-state index in [4.69, 9.17) is 9.47 Å². The van der Waals surface area contributed by atoms with Gasteiger partial charge in [0.05, 0.1) is 13.2 Å². The van der Waals surface area contributed by atoms with E-state index in [1.165, 1.54) is 89.9 Å². The van der Waals surface area contributed by atoms with Crippen LogP contribution >= 0.6 is 0 Å². The number of benzene rings is 1. The standard InChI is InChI=1S/C37H54N2O3/c40-34-35-31-36(41-29-21-11-7-3-1-5-9-15-23-38-25-17-13-18-26-38)33-37(32-35)42-30-22-12-8-4-2-6-10-16-24-39-27-19-14-20-28-39/h13-14,17-20,25-28,31-34H,1-12,15-16,21-24,29-30H2/q+2. The van der Waals surface area contributed by atoms with Gasteiger partial charge in [0.1, 0.15) is 30.9 Å². The highest BCUT2D eigenvalue weighted by Crippen LogP contribution is 2.23. The molecule has 2 aromatic heterocycles. The molecule has 0 saturated heterocycles. The number of ether oxygens (including phenoxy) is 2. The molecule has 5 heteroatoms. The smallest absolute Gasteiger partial charge is 0.168 e. The monoisotopic (exact) mass is 574 g/mol. The predicted molar refractivity (Wildman–Crippen MR) is 170 cm³/mol. The van der Waals surface area contributed by atoms with Crippen molar-refractivity contribution in [2.45, 2.75) is 116 Å². The van der Waals surface area contributed by atoms with Gasteiger partial charge in [0.15, 0.2) is 24.8 Å². The van der Waals surface area contributed by atoms with E-state index in [0.717, 1.165) is 43.7 Å². The Labute approximate surface area is 254 Å². The lowest BCUT2D eigenvalue weighted by molar-refractivity contribution is -0.697. The molecule has 42 heavy (non-hydrogen) atoms. The lowest BCUT2D eigenvalue weighted by atomic mass is 10.1. The molecule has 0 aliphatic carbocycles. The number of aryl methyl sites for hydroxylation is 2. The molecule has 0 spiro atoms. The SMILES string of the molecule is O=Cc1cc(OCCCCCCCCCC[n+]2ccccc2)cc(OCCCCCCCCCC[n+]2ccccc2)c1. The van der Waals surface area contributed by atoms with E-state index in [2.05, 4.69) is 70.3 Å². The van der Waals surface area contributed by atoms with Gasteiger partial charge in [0.2, 0.25) is 0 Å². The van der Waals surface area contributed by atoms with Crippen LogP contribution < -0.4 is 18.6 Å². The number of unbranched alkanes of at least 4 members (excludes halogenated alkanes) is 14. The van der Waals surface area contributed by atoms with Crippen LogP contribution in [0.25, 0.3) is 0 Å². The van der Waals surface area contributed by atoms with E-state index < -0.39 is 0 Å². The van der Waals surface area contributed by atoms with Gasteiger partial charge in [-0.25, -0.2) is 9.13 Å². The predicted octanol–water partition coefficient (Wildman–Crippen LogP) is 8.47. The molecule has 1 aromatic carbocycles. The number of hydrogen-bond acceptors (Lipinski definition) is 3. The molecule has 0 radical (unpaired) electrons. The van der Waals surface area contributed by atoms with Crippen LogP contribution in [-0.4, -0.2) is 19.5 Å². The highest BCUT2D eigenvalue weighted by atomic mass is 16.5. The summed E-state index contributed by atoms with van der Waals surface area (Å²) in [5, 5.41) is 0. The molecule has 0 aliphatic rings. The number of aromatic nitrogens is 2. The fourth-order valence-electron chi connectivity index (χ4n) is 5.29. The fourth-order valence-corrected chi connectivity index (χ4v) is 5.29. The number of carbonyl (C=O) groups excluding carboxylic acids is 1. The lowest BCUT2D eigenvalue weighted by Gasteiger charge is -2.11. The van der Waals surface area contributed by atoms with E-state index in [9.17, 15) is 4.79 Å². The molecule has 0 saturated carbocycles. The number of hydrogen-bond donors (Lipinski definition) is 0. The van der Waals surface area contributed by atoms with Crippen molar-refractivity contribution in [3.8, 4) is 11.5 Å². The molecule has 0 N–H and O–H groups in total. The second-order valence-corrected chi connectivity index (χ2v) is 11.4. The second-order valence-electron chi connectivity index (χ2n) is 11.4. The first-order valence-corrected chi connectivity index (χ1v) is 16.6. The topological polar surface area (TPSA) is 43.3 Å². The molecule has 3 rings (SSSR count). The molecule has 0 amide bonds. The van der Waals surface area contributed by atoms with Gasteiger partial charge in [0.25, 0.3) is 0 Å². The minimum atomic E-state index is 0.610. The van der Waals surface area contributed by atoms with Crippen molar-refractivity contribution in [3.05, 3.63) is 84.9 Å². The summed E-state index contributed by atoms with van der Waals surface area (Å²) in [6, 6.07) is 18.0. The zero-order valence-electron chi connectivity index (χ0n) is 25.8. The Hall–Kier alpha value is -3.21. The first kappa shape index (κ1) is 33.3. The first-order chi connectivity index (χ1) is 20.8. The minimum absolute atomic E-state index is 0.610. The van der Waals surface area contributed by atoms with Gasteiger partial charge in [-0.2, -0.15) is 0 Å². The Balaban J connectivity index is 1.14. The summed E-state index contributed by atoms with van der Waals surface area (Å²) < 4.78 is 16.5. The zero-order chi connectivity index (χ0) is 29.3. The minimum Gasteiger partial charge on any atom is -0.493 e. The third kappa shape index (κ3) is 15.7. The van der Waals surface area contributed by atoms with Crippen LogP contribution in [0.4, 0.5) is 0 Å². The molecule has 0 fully saturated rings. The van der Waals surface area contributed by atoms with Crippen molar-refractivity contribution in [1.29, 1.82) is 0 Å². The van der Waals surface area contributed by atoms with Gasteiger partial charge >= 0.3 is 0 Å². The molecular formula is C37H54N2O3+2. The van der Waals surface area contributed by atoms with Gasteiger partial charge in [-0.15, -0.1) is 0 Å². The average Bonchev–Trinajstić information content (AvgIpc) is 3.03. The van der Waals surface area contributed by atoms with E-state index in [0.29, 0.717) is 18.8 Å². The highest BCUT2D eigenvalue weighted by molar-refractivity contribution is 5.76. The third-order valence-electron chi connectivity index (χ3n) is 7.75. The van der Waals surface area contributed by atoms with Crippen molar-refractivity contribution in [2.75, 3.05) is 13.2 Å². The molecule has 228 valence electrons. The Morgan fingerprint density at radius 3 is 1.19 bits per heavy atom. The van der Waals surface area contributed by atoms with E-state index in [1.54, 1.807) is 0 Å². The molecule has 2 heterocycles. The Bertz CT molecular complexity index is 995. The van der Waals surface area contributed by atoms with Crippen LogP contribution in [-0.2, 0) is 13.1 Å². The summed E-state index contributed by atoms with van der Waals surface area (Å²) in [4.78, 5) is 11.4. The summed E-state index contributed by atoms with van der Waals surface area (Å²) in [6.07, 6.45) is 29.4. The van der Waals surface area contributed by atoms with Crippen LogP contribution in [0.2, 0.25) is 0 Å². The molecule has 0 atom stereocenters. The summed E-state index contributed by atoms with van der Waals surface area (Å²) in [5.41, 5.74) is 0.610. The number of pyridine rings is 2. The number of aldehydes is 1. The van der Waals surface area contributed by atoms with Crippen LogP contribution in [0.15, 0.2) is 79.4 Å². The molecule has 0 bridgehead atoms. The number of carbonyl (C=O) groups is 1.